The van der Waals surface area contributed by atoms with Crippen molar-refractivity contribution in [2.24, 2.45) is 5.92 Å². The van der Waals surface area contributed by atoms with Crippen LogP contribution in [0, 0.1) is 12.8 Å². The summed E-state index contributed by atoms with van der Waals surface area (Å²) in [5.41, 5.74) is 2.63. The Balaban J connectivity index is 1.72. The number of rotatable bonds is 6. The Morgan fingerprint density at radius 1 is 0.903 bits per heavy atom. The number of carbonyl (C=O) groups excluding carboxylic acids is 1. The van der Waals surface area contributed by atoms with E-state index in [0.29, 0.717) is 5.75 Å². The van der Waals surface area contributed by atoms with Crippen molar-refractivity contribution in [1.82, 2.24) is 4.31 Å². The minimum absolute atomic E-state index is 0.107. The van der Waals surface area contributed by atoms with Crippen LogP contribution in [0.3, 0.4) is 0 Å². The van der Waals surface area contributed by atoms with Crippen molar-refractivity contribution in [3.63, 3.8) is 0 Å². The number of benzene rings is 3. The van der Waals surface area contributed by atoms with E-state index in [1.165, 1.54) is 12.1 Å². The van der Waals surface area contributed by atoms with Crippen LogP contribution in [0.4, 0.5) is 0 Å². The van der Waals surface area contributed by atoms with Gasteiger partial charge < -0.3 is 4.74 Å². The first-order chi connectivity index (χ1) is 14.9. The van der Waals surface area contributed by atoms with E-state index in [1.54, 1.807) is 49.6 Å². The normalized spacial score (nSPS) is 18.8. The summed E-state index contributed by atoms with van der Waals surface area (Å²) < 4.78 is 32.9. The molecule has 1 aliphatic rings. The van der Waals surface area contributed by atoms with Gasteiger partial charge in [-0.25, -0.2) is 12.7 Å². The predicted molar refractivity (Wildman–Crippen MR) is 120 cm³/mol. The minimum Gasteiger partial charge on any atom is -0.497 e. The number of hydrogen-bond acceptors (Lipinski definition) is 4. The molecule has 5 nitrogen and oxygen atoms in total. The highest BCUT2D eigenvalue weighted by Crippen LogP contribution is 2.45. The molecule has 1 fully saturated rings. The molecular weight excluding hydrogens is 410 g/mol. The fraction of sp³-hybridized carbons (Fsp3) is 0.160. The molecule has 158 valence electrons. The largest absolute Gasteiger partial charge is 0.497 e. The maximum absolute atomic E-state index is 13.3. The van der Waals surface area contributed by atoms with Crippen LogP contribution in [-0.2, 0) is 14.8 Å². The molecule has 31 heavy (non-hydrogen) atoms. The molecule has 1 saturated heterocycles. The van der Waals surface area contributed by atoms with Gasteiger partial charge in [0, 0.05) is 0 Å². The van der Waals surface area contributed by atoms with Gasteiger partial charge in [-0.3, -0.25) is 4.79 Å². The number of carbonyl (C=O) groups is 1. The third kappa shape index (κ3) is 3.99. The van der Waals surface area contributed by atoms with Crippen LogP contribution in [0.5, 0.6) is 5.75 Å². The molecule has 0 saturated carbocycles. The lowest BCUT2D eigenvalue weighted by molar-refractivity contribution is -0.143. The maximum Gasteiger partial charge on any atom is 0.267 e. The summed E-state index contributed by atoms with van der Waals surface area (Å²) in [6.07, 6.45) is 3.64. The van der Waals surface area contributed by atoms with Gasteiger partial charge in [0.05, 0.1) is 24.0 Å². The van der Waals surface area contributed by atoms with Crippen LogP contribution in [0.25, 0.3) is 6.08 Å². The lowest BCUT2D eigenvalue weighted by Crippen LogP contribution is -2.56. The second-order valence-electron chi connectivity index (χ2n) is 7.47. The molecule has 0 spiro atoms. The van der Waals surface area contributed by atoms with E-state index < -0.39 is 27.9 Å². The highest BCUT2D eigenvalue weighted by Gasteiger charge is 2.53. The van der Waals surface area contributed by atoms with Crippen molar-refractivity contribution in [2.75, 3.05) is 7.11 Å². The second-order valence-corrected chi connectivity index (χ2v) is 9.28. The Bertz CT molecular complexity index is 1200. The molecule has 0 radical (unpaired) electrons. The lowest BCUT2D eigenvalue weighted by Gasteiger charge is -2.45. The molecule has 6 heteroatoms. The summed E-state index contributed by atoms with van der Waals surface area (Å²) in [6.45, 7) is 1.88. The molecule has 0 bridgehead atoms. The molecule has 1 amide bonds. The van der Waals surface area contributed by atoms with Gasteiger partial charge >= 0.3 is 0 Å². The van der Waals surface area contributed by atoms with Crippen molar-refractivity contribution in [2.45, 2.75) is 17.9 Å². The summed E-state index contributed by atoms with van der Waals surface area (Å²) in [6, 6.07) is 22.7. The van der Waals surface area contributed by atoms with Gasteiger partial charge in [-0.2, -0.15) is 0 Å². The van der Waals surface area contributed by atoms with Gasteiger partial charge in [-0.1, -0.05) is 72.3 Å². The van der Waals surface area contributed by atoms with Crippen LogP contribution in [0.2, 0.25) is 0 Å². The van der Waals surface area contributed by atoms with Gasteiger partial charge in [0.1, 0.15) is 5.75 Å². The Morgan fingerprint density at radius 2 is 1.55 bits per heavy atom. The number of aryl methyl sites for hydroxylation is 1. The molecule has 3 aromatic carbocycles. The summed E-state index contributed by atoms with van der Waals surface area (Å²) in [4.78, 5) is 13.2. The topological polar surface area (TPSA) is 63.7 Å². The third-order valence-electron chi connectivity index (χ3n) is 5.43. The Morgan fingerprint density at radius 3 is 2.16 bits per heavy atom. The summed E-state index contributed by atoms with van der Waals surface area (Å²) in [7, 11) is -2.41. The standard InChI is InChI=1S/C25H23NO4S/c1-18-8-15-22(16-9-18)31(28,29)26-24(20-11-13-21(30-2)14-12-20)23(25(26)27)17-10-19-6-4-3-5-7-19/h3-17,23-24H,1-2H3/b17-10+/t23-,24+/m0/s1. The molecule has 0 N–H and O–H groups in total. The molecule has 1 aliphatic heterocycles. The number of hydrogen-bond donors (Lipinski definition) is 0. The minimum atomic E-state index is -3.98. The Labute approximate surface area is 182 Å². The van der Waals surface area contributed by atoms with Gasteiger partial charge in [-0.15, -0.1) is 0 Å². The van der Waals surface area contributed by atoms with Crippen LogP contribution in [0.1, 0.15) is 22.7 Å². The van der Waals surface area contributed by atoms with Gasteiger partial charge in [-0.05, 0) is 42.3 Å². The zero-order valence-corrected chi connectivity index (χ0v) is 18.1. The first-order valence-corrected chi connectivity index (χ1v) is 11.4. The van der Waals surface area contributed by atoms with E-state index >= 15 is 0 Å². The molecule has 0 unspecified atom stereocenters. The number of amides is 1. The predicted octanol–water partition coefficient (Wildman–Crippen LogP) is 4.61. The van der Waals surface area contributed by atoms with Crippen LogP contribution >= 0.6 is 0 Å². The fourth-order valence-corrected chi connectivity index (χ4v) is 5.30. The fourth-order valence-electron chi connectivity index (χ4n) is 3.68. The Hall–Kier alpha value is -3.38. The third-order valence-corrected chi connectivity index (χ3v) is 7.22. The van der Waals surface area contributed by atoms with E-state index in [2.05, 4.69) is 0 Å². The molecule has 0 aromatic heterocycles. The summed E-state index contributed by atoms with van der Waals surface area (Å²) in [5, 5.41) is 0. The van der Waals surface area contributed by atoms with Crippen molar-refractivity contribution >= 4 is 22.0 Å². The first-order valence-electron chi connectivity index (χ1n) is 9.94. The van der Waals surface area contributed by atoms with E-state index in [0.717, 1.165) is 21.0 Å². The number of ether oxygens (including phenoxy) is 1. The van der Waals surface area contributed by atoms with Crippen molar-refractivity contribution in [3.8, 4) is 5.75 Å². The average molecular weight is 434 g/mol. The zero-order chi connectivity index (χ0) is 22.0. The van der Waals surface area contributed by atoms with E-state index in [4.69, 9.17) is 4.74 Å². The van der Waals surface area contributed by atoms with Crippen LogP contribution in [0.15, 0.2) is 89.8 Å². The summed E-state index contributed by atoms with van der Waals surface area (Å²) >= 11 is 0. The highest BCUT2D eigenvalue weighted by atomic mass is 32.2. The van der Waals surface area contributed by atoms with E-state index in [1.807, 2.05) is 43.3 Å². The molecule has 1 heterocycles. The van der Waals surface area contributed by atoms with E-state index in [-0.39, 0.29) is 4.90 Å². The van der Waals surface area contributed by atoms with E-state index in [9.17, 15) is 13.2 Å². The number of β-lactam (4-membered cyclic amide) rings is 1. The van der Waals surface area contributed by atoms with Crippen molar-refractivity contribution in [1.29, 1.82) is 0 Å². The SMILES string of the molecule is COc1ccc([C@@H]2[C@H](/C=C/c3ccccc3)C(=O)N2S(=O)(=O)c2ccc(C)cc2)cc1. The zero-order valence-electron chi connectivity index (χ0n) is 17.3. The van der Waals surface area contributed by atoms with Gasteiger partial charge in [0.15, 0.2) is 0 Å². The highest BCUT2D eigenvalue weighted by molar-refractivity contribution is 7.89. The van der Waals surface area contributed by atoms with Gasteiger partial charge in [0.2, 0.25) is 5.91 Å². The van der Waals surface area contributed by atoms with Crippen LogP contribution in [-0.4, -0.2) is 25.7 Å². The lowest BCUT2D eigenvalue weighted by atomic mass is 9.84. The average Bonchev–Trinajstić information content (AvgIpc) is 2.78. The smallest absolute Gasteiger partial charge is 0.267 e. The molecule has 4 rings (SSSR count). The second kappa shape index (κ2) is 8.40. The van der Waals surface area contributed by atoms with Gasteiger partial charge in [0.25, 0.3) is 10.0 Å². The quantitative estimate of drug-likeness (QED) is 0.533. The maximum atomic E-state index is 13.3. The monoisotopic (exact) mass is 433 g/mol. The molecular formula is C25H23NO4S. The number of nitrogens with zero attached hydrogens (tertiary/aromatic N) is 1. The molecule has 0 aliphatic carbocycles. The number of sulfonamides is 1. The Kier molecular flexibility index (Phi) is 5.65. The van der Waals surface area contributed by atoms with Crippen molar-refractivity contribution < 1.29 is 17.9 Å². The molecule has 2 atom stereocenters. The molecule has 3 aromatic rings. The first kappa shape index (κ1) is 20.9. The van der Waals surface area contributed by atoms with Crippen molar-refractivity contribution in [3.05, 3.63) is 102 Å². The summed E-state index contributed by atoms with van der Waals surface area (Å²) in [5.74, 6) is -0.346. The number of methoxy groups -OCH3 is 1. The van der Waals surface area contributed by atoms with Crippen LogP contribution < -0.4 is 4.74 Å².